The number of aldehydes is 2. The maximum atomic E-state index is 10.8. The van der Waals surface area contributed by atoms with Gasteiger partial charge in [-0.05, 0) is 17.7 Å². The van der Waals surface area contributed by atoms with Crippen LogP contribution in [0.15, 0.2) is 36.0 Å². The molecule has 1 aromatic carbocycles. The number of benzene rings is 1. The number of para-hydroxylation sites is 1. The molecule has 0 bridgehead atoms. The maximum absolute atomic E-state index is 10.8. The first kappa shape index (κ1) is 11.6. The van der Waals surface area contributed by atoms with Crippen molar-refractivity contribution in [1.29, 1.82) is 0 Å². The zero-order valence-electron chi connectivity index (χ0n) is 10.0. The van der Waals surface area contributed by atoms with Crippen molar-refractivity contribution in [2.45, 2.75) is 19.3 Å². The minimum absolute atomic E-state index is 0.236. The summed E-state index contributed by atoms with van der Waals surface area (Å²) in [5, 5.41) is 0. The molecule has 88 valence electrons. The summed E-state index contributed by atoms with van der Waals surface area (Å²) in [6.07, 6.45) is 3.18. The first-order valence-electron chi connectivity index (χ1n) is 5.59. The lowest BCUT2D eigenvalue weighted by Crippen LogP contribution is -2.27. The van der Waals surface area contributed by atoms with Gasteiger partial charge >= 0.3 is 0 Å². The Morgan fingerprint density at radius 3 is 2.59 bits per heavy atom. The molecule has 0 spiro atoms. The molecule has 0 fully saturated rings. The average Bonchev–Trinajstić information content (AvgIpc) is 2.52. The Labute approximate surface area is 101 Å². The molecule has 0 aromatic heterocycles. The minimum atomic E-state index is -0.236. The summed E-state index contributed by atoms with van der Waals surface area (Å²) in [5.74, 6) is 0. The molecule has 1 heterocycles. The van der Waals surface area contributed by atoms with Crippen molar-refractivity contribution in [2.75, 3.05) is 11.4 Å². The van der Waals surface area contributed by atoms with E-state index in [1.54, 1.807) is 6.08 Å². The third kappa shape index (κ3) is 1.68. The summed E-state index contributed by atoms with van der Waals surface area (Å²) in [4.78, 5) is 23.4. The molecular formula is C14H15NO2. The average molecular weight is 229 g/mol. The van der Waals surface area contributed by atoms with Gasteiger partial charge in [0.25, 0.3) is 0 Å². The van der Waals surface area contributed by atoms with Crippen LogP contribution in [0.4, 0.5) is 5.69 Å². The van der Waals surface area contributed by atoms with Gasteiger partial charge in [-0.25, -0.2) is 0 Å². The summed E-state index contributed by atoms with van der Waals surface area (Å²) in [6, 6.07) is 7.94. The third-order valence-electron chi connectivity index (χ3n) is 3.28. The van der Waals surface area contributed by atoms with Crippen molar-refractivity contribution in [3.05, 3.63) is 41.6 Å². The zero-order chi connectivity index (χ0) is 12.5. The van der Waals surface area contributed by atoms with Gasteiger partial charge in [-0.2, -0.15) is 0 Å². The number of rotatable bonds is 3. The fraction of sp³-hybridized carbons (Fsp3) is 0.286. The van der Waals surface area contributed by atoms with Crippen molar-refractivity contribution in [1.82, 2.24) is 0 Å². The van der Waals surface area contributed by atoms with Crippen molar-refractivity contribution in [3.8, 4) is 0 Å². The van der Waals surface area contributed by atoms with Crippen LogP contribution in [-0.2, 0) is 15.0 Å². The van der Waals surface area contributed by atoms with Crippen molar-refractivity contribution < 1.29 is 9.59 Å². The van der Waals surface area contributed by atoms with Gasteiger partial charge in [0.1, 0.15) is 12.6 Å². The highest BCUT2D eigenvalue weighted by atomic mass is 16.1. The van der Waals surface area contributed by atoms with Gasteiger partial charge in [0.15, 0.2) is 0 Å². The predicted octanol–water partition coefficient (Wildman–Crippen LogP) is 2.07. The highest BCUT2D eigenvalue weighted by Crippen LogP contribution is 2.46. The molecule has 0 atom stereocenters. The first-order valence-corrected chi connectivity index (χ1v) is 5.59. The van der Waals surface area contributed by atoms with Crippen molar-refractivity contribution in [2.24, 2.45) is 0 Å². The highest BCUT2D eigenvalue weighted by molar-refractivity contribution is 5.79. The molecule has 0 N–H and O–H groups in total. The van der Waals surface area contributed by atoms with Crippen molar-refractivity contribution in [3.63, 3.8) is 0 Å². The zero-order valence-corrected chi connectivity index (χ0v) is 10.0. The quantitative estimate of drug-likeness (QED) is 0.588. The Hall–Kier alpha value is -1.90. The van der Waals surface area contributed by atoms with Crippen LogP contribution in [-0.4, -0.2) is 19.1 Å². The maximum Gasteiger partial charge on any atom is 0.144 e. The van der Waals surface area contributed by atoms with Crippen LogP contribution in [0.5, 0.6) is 0 Å². The number of carbonyl (C=O) groups excluding carboxylic acids is 2. The molecule has 2 rings (SSSR count). The number of anilines is 1. The molecule has 17 heavy (non-hydrogen) atoms. The van der Waals surface area contributed by atoms with E-state index >= 15 is 0 Å². The van der Waals surface area contributed by atoms with E-state index in [0.29, 0.717) is 0 Å². The predicted molar refractivity (Wildman–Crippen MR) is 67.0 cm³/mol. The Bertz CT molecular complexity index is 489. The van der Waals surface area contributed by atoms with Crippen LogP contribution >= 0.6 is 0 Å². The normalized spacial score (nSPS) is 19.2. The third-order valence-corrected chi connectivity index (χ3v) is 3.28. The Kier molecular flexibility index (Phi) is 2.84. The molecule has 0 saturated carbocycles. The summed E-state index contributed by atoms with van der Waals surface area (Å²) in [5.41, 5.74) is 2.80. The fourth-order valence-corrected chi connectivity index (χ4v) is 2.48. The van der Waals surface area contributed by atoms with Crippen molar-refractivity contribution >= 4 is 18.3 Å². The van der Waals surface area contributed by atoms with Crippen LogP contribution in [0.1, 0.15) is 19.4 Å². The van der Waals surface area contributed by atoms with Crippen LogP contribution in [0.25, 0.3) is 0 Å². The van der Waals surface area contributed by atoms with E-state index < -0.39 is 0 Å². The Morgan fingerprint density at radius 2 is 1.94 bits per heavy atom. The Morgan fingerprint density at radius 1 is 1.24 bits per heavy atom. The van der Waals surface area contributed by atoms with Crippen LogP contribution in [0, 0.1) is 0 Å². The number of nitrogens with zero attached hydrogens (tertiary/aromatic N) is 1. The van der Waals surface area contributed by atoms with Gasteiger partial charge in [-0.3, -0.25) is 4.79 Å². The molecule has 0 aliphatic carbocycles. The van der Waals surface area contributed by atoms with E-state index in [1.165, 1.54) is 0 Å². The second-order valence-corrected chi connectivity index (χ2v) is 4.61. The van der Waals surface area contributed by atoms with Gasteiger partial charge in [0.2, 0.25) is 0 Å². The molecule has 0 radical (unpaired) electrons. The smallest absolute Gasteiger partial charge is 0.144 e. The van der Waals surface area contributed by atoms with Crippen LogP contribution in [0.3, 0.4) is 0 Å². The molecule has 3 heteroatoms. The van der Waals surface area contributed by atoms with Gasteiger partial charge < -0.3 is 9.69 Å². The summed E-state index contributed by atoms with van der Waals surface area (Å²) in [6.45, 7) is 4.40. The lowest BCUT2D eigenvalue weighted by Gasteiger charge is -2.24. The molecule has 1 aromatic rings. The number of fused-ring (bicyclic) bond motifs is 1. The second kappa shape index (κ2) is 4.17. The first-order chi connectivity index (χ1) is 8.12. The number of allylic oxidation sites excluding steroid dienone is 2. The largest absolute Gasteiger partial charge is 0.337 e. The molecule has 0 amide bonds. The van der Waals surface area contributed by atoms with E-state index in [0.717, 1.165) is 29.5 Å². The summed E-state index contributed by atoms with van der Waals surface area (Å²) < 4.78 is 0. The molecular weight excluding hydrogens is 214 g/mol. The molecule has 1 aliphatic heterocycles. The Balaban J connectivity index is 2.62. The van der Waals surface area contributed by atoms with E-state index in [-0.39, 0.29) is 12.0 Å². The van der Waals surface area contributed by atoms with Gasteiger partial charge in [-0.1, -0.05) is 32.0 Å². The number of hydrogen-bond acceptors (Lipinski definition) is 3. The van der Waals surface area contributed by atoms with Crippen LogP contribution < -0.4 is 4.90 Å². The van der Waals surface area contributed by atoms with Crippen LogP contribution in [0.2, 0.25) is 0 Å². The topological polar surface area (TPSA) is 37.4 Å². The second-order valence-electron chi connectivity index (χ2n) is 4.61. The number of hydrogen-bond donors (Lipinski definition) is 0. The number of carbonyl (C=O) groups is 2. The molecule has 0 unspecified atom stereocenters. The monoisotopic (exact) mass is 229 g/mol. The van der Waals surface area contributed by atoms with E-state index in [9.17, 15) is 9.59 Å². The standard InChI is InChI=1S/C14H15NO2/c1-14(2)11-5-3-4-6-12(11)15(8-10-17)13(14)7-9-16/h3-7,9-10H,8H2,1-2H3/b13-7+. The van der Waals surface area contributed by atoms with E-state index in [2.05, 4.69) is 13.8 Å². The van der Waals surface area contributed by atoms with Gasteiger partial charge in [0.05, 0.1) is 6.54 Å². The van der Waals surface area contributed by atoms with Gasteiger partial charge in [0, 0.05) is 16.8 Å². The molecule has 0 saturated heterocycles. The fourth-order valence-electron chi connectivity index (χ4n) is 2.48. The van der Waals surface area contributed by atoms with E-state index in [1.807, 2.05) is 29.2 Å². The highest BCUT2D eigenvalue weighted by Gasteiger charge is 2.39. The molecule has 1 aliphatic rings. The minimum Gasteiger partial charge on any atom is -0.337 e. The molecule has 3 nitrogen and oxygen atoms in total. The summed E-state index contributed by atoms with van der Waals surface area (Å²) in [7, 11) is 0. The lowest BCUT2D eigenvalue weighted by molar-refractivity contribution is -0.107. The lowest BCUT2D eigenvalue weighted by atomic mass is 9.84. The van der Waals surface area contributed by atoms with Gasteiger partial charge in [-0.15, -0.1) is 0 Å². The summed E-state index contributed by atoms with van der Waals surface area (Å²) >= 11 is 0. The van der Waals surface area contributed by atoms with E-state index in [4.69, 9.17) is 0 Å². The SMILES string of the molecule is CC1(C)/C(=C\C=O)N(CC=O)c2ccccc21.